The number of unbranched alkanes of at least 4 members (excludes halogenated alkanes) is 24. The van der Waals surface area contributed by atoms with Gasteiger partial charge in [0, 0.05) is 19.3 Å². The Kier molecular flexibility index (Phi) is 39.8. The van der Waals surface area contributed by atoms with Crippen molar-refractivity contribution in [2.75, 3.05) is 13.2 Å². The Morgan fingerprint density at radius 2 is 0.672 bits per heavy atom. The van der Waals surface area contributed by atoms with Crippen molar-refractivity contribution in [2.45, 2.75) is 238 Å². The van der Waals surface area contributed by atoms with E-state index in [1.807, 2.05) is 0 Å². The molecule has 13 heteroatoms. The Hall–Kier alpha value is -3.22. The van der Waals surface area contributed by atoms with Crippen LogP contribution in [0, 0.1) is 0 Å². The smallest absolute Gasteiger partial charge is 0.336 e. The Bertz CT molecular complexity index is 1010. The minimum Gasteiger partial charge on any atom is -0.481 e. The second-order valence-corrected chi connectivity index (χ2v) is 15.7. The van der Waals surface area contributed by atoms with Crippen LogP contribution in [0.5, 0.6) is 0 Å². The Labute approximate surface area is 349 Å². The minimum atomic E-state index is -2.74. The van der Waals surface area contributed by atoms with Crippen molar-refractivity contribution >= 4 is 35.8 Å². The number of carboxylic acid groups (broad SMARTS) is 3. The third-order valence-corrected chi connectivity index (χ3v) is 9.90. The number of hydrogen-bond acceptors (Lipinski definition) is 10. The molecule has 0 aliphatic rings. The minimum absolute atomic E-state index is 0.0644. The zero-order valence-electron chi connectivity index (χ0n) is 36.6. The first-order valence-electron chi connectivity index (χ1n) is 22.7. The molecule has 340 valence electrons. The highest BCUT2D eigenvalue weighted by Crippen LogP contribution is 2.17. The van der Waals surface area contributed by atoms with E-state index in [0.717, 1.165) is 57.8 Å². The first-order chi connectivity index (χ1) is 27.8. The maximum atomic E-state index is 12.6. The molecule has 13 nitrogen and oxygen atoms in total. The molecule has 0 aromatic heterocycles. The molecule has 0 aliphatic carbocycles. The number of carbonyl (C=O) groups excluding carboxylic acids is 3. The second-order valence-electron chi connectivity index (χ2n) is 15.7. The van der Waals surface area contributed by atoms with Crippen LogP contribution in [-0.2, 0) is 43.0 Å². The molecule has 0 aromatic rings. The fourth-order valence-electron chi connectivity index (χ4n) is 6.33. The van der Waals surface area contributed by atoms with Crippen molar-refractivity contribution in [3.63, 3.8) is 0 Å². The average molecular weight is 831 g/mol. The van der Waals surface area contributed by atoms with Crippen molar-refractivity contribution in [3.8, 4) is 0 Å². The van der Waals surface area contributed by atoms with Crippen molar-refractivity contribution in [1.82, 2.24) is 0 Å². The van der Waals surface area contributed by atoms with Crippen LogP contribution in [0.1, 0.15) is 226 Å². The SMILES string of the molecule is CCCCCCCCCCCC(=O)OCC(COC(=O)CCCCCCCCCCC)OC(=O)CCCCCCCCCCC.O=C(O)CC(O)(CC(=O)O)C(=O)O. The molecular formula is C45H82O13. The first kappa shape index (κ1) is 56.9. The monoisotopic (exact) mass is 831 g/mol. The van der Waals surface area contributed by atoms with E-state index in [2.05, 4.69) is 20.8 Å². The van der Waals surface area contributed by atoms with Gasteiger partial charge in [-0.1, -0.05) is 175 Å². The summed E-state index contributed by atoms with van der Waals surface area (Å²) in [5.41, 5.74) is -2.74. The number of esters is 3. The number of hydrogen-bond donors (Lipinski definition) is 4. The van der Waals surface area contributed by atoms with Gasteiger partial charge in [-0.05, 0) is 19.3 Å². The van der Waals surface area contributed by atoms with Gasteiger partial charge >= 0.3 is 35.8 Å². The van der Waals surface area contributed by atoms with Crippen LogP contribution < -0.4 is 0 Å². The number of aliphatic carboxylic acids is 3. The fraction of sp³-hybridized carbons (Fsp3) is 0.867. The van der Waals surface area contributed by atoms with Gasteiger partial charge in [-0.25, -0.2) is 4.79 Å². The van der Waals surface area contributed by atoms with Gasteiger partial charge in [-0.3, -0.25) is 24.0 Å². The van der Waals surface area contributed by atoms with E-state index in [1.165, 1.54) is 116 Å². The summed E-state index contributed by atoms with van der Waals surface area (Å²) >= 11 is 0. The van der Waals surface area contributed by atoms with Crippen LogP contribution in [0.4, 0.5) is 0 Å². The lowest BCUT2D eigenvalue weighted by Crippen LogP contribution is -2.42. The van der Waals surface area contributed by atoms with Crippen LogP contribution in [0.3, 0.4) is 0 Å². The second kappa shape index (κ2) is 40.6. The van der Waals surface area contributed by atoms with Gasteiger partial charge in [0.2, 0.25) is 0 Å². The summed E-state index contributed by atoms with van der Waals surface area (Å²) in [6, 6.07) is 0. The Morgan fingerprint density at radius 1 is 0.414 bits per heavy atom. The number of carboxylic acids is 3. The molecule has 0 amide bonds. The summed E-state index contributed by atoms with van der Waals surface area (Å²) in [7, 11) is 0. The molecule has 0 aliphatic heterocycles. The quantitative estimate of drug-likeness (QED) is 0.0257. The number of rotatable bonds is 40. The van der Waals surface area contributed by atoms with Gasteiger partial charge in [0.15, 0.2) is 11.7 Å². The molecule has 0 saturated heterocycles. The number of carbonyl (C=O) groups is 6. The lowest BCUT2D eigenvalue weighted by Gasteiger charge is -2.18. The third kappa shape index (κ3) is 39.6. The normalized spacial score (nSPS) is 11.1. The van der Waals surface area contributed by atoms with Crippen LogP contribution in [-0.4, -0.2) is 81.2 Å². The van der Waals surface area contributed by atoms with Crippen molar-refractivity contribution in [1.29, 1.82) is 0 Å². The van der Waals surface area contributed by atoms with E-state index in [9.17, 15) is 28.8 Å². The molecule has 0 saturated carbocycles. The van der Waals surface area contributed by atoms with E-state index in [1.54, 1.807) is 0 Å². The molecule has 0 fully saturated rings. The summed E-state index contributed by atoms with van der Waals surface area (Å²) < 4.78 is 16.5. The van der Waals surface area contributed by atoms with Gasteiger partial charge < -0.3 is 34.6 Å². The van der Waals surface area contributed by atoms with E-state index >= 15 is 0 Å². The summed E-state index contributed by atoms with van der Waals surface area (Å²) in [4.78, 5) is 67.8. The number of ether oxygens (including phenoxy) is 3. The predicted molar refractivity (Wildman–Crippen MR) is 224 cm³/mol. The van der Waals surface area contributed by atoms with Gasteiger partial charge in [-0.15, -0.1) is 0 Å². The van der Waals surface area contributed by atoms with Gasteiger partial charge in [0.05, 0.1) is 12.8 Å². The van der Waals surface area contributed by atoms with Crippen LogP contribution >= 0.6 is 0 Å². The molecule has 0 radical (unpaired) electrons. The zero-order valence-corrected chi connectivity index (χ0v) is 36.6. The molecule has 0 bridgehead atoms. The Morgan fingerprint density at radius 3 is 0.931 bits per heavy atom. The highest BCUT2D eigenvalue weighted by Gasteiger charge is 2.40. The molecule has 0 heterocycles. The maximum Gasteiger partial charge on any atom is 0.336 e. The highest BCUT2D eigenvalue weighted by atomic mass is 16.6. The average Bonchev–Trinajstić information content (AvgIpc) is 3.16. The standard InChI is InChI=1S/C39H74O6.C6H8O7/c1-4-7-10-13-16-19-22-25-28-31-37(40)43-34-36(45-39(42)33-30-27-24-21-18-15-12-9-6-3)35-44-38(41)32-29-26-23-20-17-14-11-8-5-2;7-3(8)1-6(13,5(11)12)2-4(9)10/h36H,4-35H2,1-3H3;13H,1-2H2,(H,7,8)(H,9,10)(H,11,12). The zero-order chi connectivity index (χ0) is 43.7. The molecule has 4 N–H and O–H groups in total. The van der Waals surface area contributed by atoms with E-state index < -0.39 is 42.5 Å². The van der Waals surface area contributed by atoms with E-state index in [0.29, 0.717) is 19.3 Å². The summed E-state index contributed by atoms with van der Waals surface area (Å²) in [6.07, 6.45) is 30.0. The van der Waals surface area contributed by atoms with Gasteiger partial charge in [0.25, 0.3) is 0 Å². The summed E-state index contributed by atoms with van der Waals surface area (Å²) in [6.45, 7) is 6.57. The molecule has 58 heavy (non-hydrogen) atoms. The maximum absolute atomic E-state index is 12.6. The summed E-state index contributed by atoms with van der Waals surface area (Å²) in [5.74, 6) is -5.89. The van der Waals surface area contributed by atoms with E-state index in [-0.39, 0.29) is 31.1 Å². The van der Waals surface area contributed by atoms with Crippen LogP contribution in [0.2, 0.25) is 0 Å². The molecule has 0 unspecified atom stereocenters. The molecule has 0 aromatic carbocycles. The van der Waals surface area contributed by atoms with Crippen molar-refractivity contribution in [3.05, 3.63) is 0 Å². The molecule has 0 atom stereocenters. The first-order valence-corrected chi connectivity index (χ1v) is 22.7. The van der Waals surface area contributed by atoms with Crippen LogP contribution in [0.25, 0.3) is 0 Å². The van der Waals surface area contributed by atoms with Gasteiger partial charge in [-0.2, -0.15) is 0 Å². The lowest BCUT2D eigenvalue weighted by atomic mass is 9.96. The largest absolute Gasteiger partial charge is 0.481 e. The molecular weight excluding hydrogens is 748 g/mol. The molecule has 0 spiro atoms. The summed E-state index contributed by atoms with van der Waals surface area (Å²) in [5, 5.41) is 33.8. The number of aliphatic hydroxyl groups is 1. The van der Waals surface area contributed by atoms with Crippen molar-refractivity contribution in [2.24, 2.45) is 0 Å². The third-order valence-electron chi connectivity index (χ3n) is 9.90. The van der Waals surface area contributed by atoms with E-state index in [4.69, 9.17) is 34.6 Å². The Balaban J connectivity index is 0. The lowest BCUT2D eigenvalue weighted by molar-refractivity contribution is -0.170. The molecule has 0 rings (SSSR count). The topological polar surface area (TPSA) is 211 Å². The van der Waals surface area contributed by atoms with Gasteiger partial charge in [0.1, 0.15) is 13.2 Å². The van der Waals surface area contributed by atoms with Crippen molar-refractivity contribution < 1.29 is 63.4 Å². The fourth-order valence-corrected chi connectivity index (χ4v) is 6.33. The predicted octanol–water partition coefficient (Wildman–Crippen LogP) is 10.5. The highest BCUT2D eigenvalue weighted by molar-refractivity contribution is 5.88. The van der Waals surface area contributed by atoms with Crippen LogP contribution in [0.15, 0.2) is 0 Å².